The minimum absolute atomic E-state index is 0.0849. The lowest BCUT2D eigenvalue weighted by molar-refractivity contribution is -0.116. The molecule has 3 rings (SSSR count). The molecule has 0 saturated heterocycles. The highest BCUT2D eigenvalue weighted by Gasteiger charge is 2.13. The summed E-state index contributed by atoms with van der Waals surface area (Å²) in [4.78, 5) is 12.2. The summed E-state index contributed by atoms with van der Waals surface area (Å²) in [5, 5.41) is 2.87. The highest BCUT2D eigenvalue weighted by molar-refractivity contribution is 5.92. The molecule has 0 atom stereocenters. The number of nitrogens with one attached hydrogen (secondary N) is 1. The van der Waals surface area contributed by atoms with Crippen LogP contribution in [-0.2, 0) is 11.2 Å². The molecule has 1 N–H and O–H groups in total. The van der Waals surface area contributed by atoms with Crippen molar-refractivity contribution in [2.24, 2.45) is 0 Å². The molecular formula is C19H21NO5. The van der Waals surface area contributed by atoms with E-state index in [-0.39, 0.29) is 5.91 Å². The Morgan fingerprint density at radius 2 is 1.84 bits per heavy atom. The molecule has 2 aromatic rings. The smallest absolute Gasteiger partial charge is 0.224 e. The van der Waals surface area contributed by atoms with Crippen LogP contribution >= 0.6 is 0 Å². The highest BCUT2D eigenvalue weighted by atomic mass is 16.6. The molecular weight excluding hydrogens is 322 g/mol. The molecule has 0 saturated carbocycles. The van der Waals surface area contributed by atoms with Crippen molar-refractivity contribution in [1.29, 1.82) is 0 Å². The van der Waals surface area contributed by atoms with Crippen molar-refractivity contribution in [1.82, 2.24) is 0 Å². The van der Waals surface area contributed by atoms with Crippen LogP contribution in [0.2, 0.25) is 0 Å². The number of carbonyl (C=O) groups is 1. The zero-order chi connectivity index (χ0) is 17.6. The van der Waals surface area contributed by atoms with E-state index in [4.69, 9.17) is 18.9 Å². The monoisotopic (exact) mass is 343 g/mol. The summed E-state index contributed by atoms with van der Waals surface area (Å²) in [6.07, 6.45) is 0.968. The van der Waals surface area contributed by atoms with Crippen LogP contribution in [0.4, 0.5) is 5.69 Å². The molecule has 1 heterocycles. The quantitative estimate of drug-likeness (QED) is 0.873. The van der Waals surface area contributed by atoms with E-state index in [2.05, 4.69) is 5.32 Å². The van der Waals surface area contributed by atoms with Crippen LogP contribution in [0.25, 0.3) is 0 Å². The van der Waals surface area contributed by atoms with Gasteiger partial charge >= 0.3 is 0 Å². The molecule has 1 aliphatic heterocycles. The number of hydrogen-bond donors (Lipinski definition) is 1. The third-order valence-corrected chi connectivity index (χ3v) is 3.93. The number of aryl methyl sites for hydroxylation is 1. The predicted molar refractivity (Wildman–Crippen MR) is 93.9 cm³/mol. The van der Waals surface area contributed by atoms with Gasteiger partial charge in [0.1, 0.15) is 24.7 Å². The van der Waals surface area contributed by atoms with E-state index in [0.717, 1.165) is 17.1 Å². The van der Waals surface area contributed by atoms with Gasteiger partial charge in [0, 0.05) is 12.5 Å². The lowest BCUT2D eigenvalue weighted by atomic mass is 10.1. The number of fused-ring (bicyclic) bond motifs is 1. The molecule has 132 valence electrons. The normalized spacial score (nSPS) is 12.4. The standard InChI is InChI=1S/C19H21NO5/c1-22-14-5-6-15(17(12-14)23-2)20-19(21)8-4-13-3-7-16-18(11-13)25-10-9-24-16/h3,5-7,11-12H,4,8-10H2,1-2H3,(H,20,21). The lowest BCUT2D eigenvalue weighted by Gasteiger charge is -2.18. The molecule has 0 fully saturated rings. The molecule has 0 spiro atoms. The maximum atomic E-state index is 12.2. The van der Waals surface area contributed by atoms with Gasteiger partial charge in [0.05, 0.1) is 19.9 Å². The van der Waals surface area contributed by atoms with Crippen molar-refractivity contribution < 1.29 is 23.7 Å². The van der Waals surface area contributed by atoms with Gasteiger partial charge in [-0.15, -0.1) is 0 Å². The topological polar surface area (TPSA) is 66.0 Å². The van der Waals surface area contributed by atoms with Crippen LogP contribution in [0.3, 0.4) is 0 Å². The highest BCUT2D eigenvalue weighted by Crippen LogP contribution is 2.31. The number of rotatable bonds is 6. The fourth-order valence-corrected chi connectivity index (χ4v) is 2.62. The Morgan fingerprint density at radius 1 is 1.04 bits per heavy atom. The van der Waals surface area contributed by atoms with Gasteiger partial charge in [-0.1, -0.05) is 6.07 Å². The zero-order valence-corrected chi connectivity index (χ0v) is 14.3. The number of anilines is 1. The van der Waals surface area contributed by atoms with Gasteiger partial charge < -0.3 is 24.3 Å². The van der Waals surface area contributed by atoms with Gasteiger partial charge in [-0.3, -0.25) is 4.79 Å². The van der Waals surface area contributed by atoms with E-state index in [1.54, 1.807) is 32.4 Å². The van der Waals surface area contributed by atoms with Crippen LogP contribution < -0.4 is 24.3 Å². The SMILES string of the molecule is COc1ccc(NC(=O)CCc2ccc3c(c2)OCCO3)c(OC)c1. The number of carbonyl (C=O) groups excluding carboxylic acids is 1. The van der Waals surface area contributed by atoms with Crippen molar-refractivity contribution in [2.45, 2.75) is 12.8 Å². The Morgan fingerprint density at radius 3 is 2.60 bits per heavy atom. The Bertz CT molecular complexity index is 759. The van der Waals surface area contributed by atoms with Crippen LogP contribution in [0.5, 0.6) is 23.0 Å². The number of benzene rings is 2. The summed E-state index contributed by atoms with van der Waals surface area (Å²) in [7, 11) is 3.14. The fraction of sp³-hybridized carbons (Fsp3) is 0.316. The average Bonchev–Trinajstić information content (AvgIpc) is 2.66. The lowest BCUT2D eigenvalue weighted by Crippen LogP contribution is -2.16. The average molecular weight is 343 g/mol. The van der Waals surface area contributed by atoms with Crippen LogP contribution in [-0.4, -0.2) is 33.3 Å². The van der Waals surface area contributed by atoms with Gasteiger partial charge in [0.2, 0.25) is 5.91 Å². The first-order valence-corrected chi connectivity index (χ1v) is 8.10. The summed E-state index contributed by atoms with van der Waals surface area (Å²) in [6, 6.07) is 11.0. The molecule has 0 aliphatic carbocycles. The van der Waals surface area contributed by atoms with Gasteiger partial charge in [-0.2, -0.15) is 0 Å². The molecule has 0 radical (unpaired) electrons. The summed E-state index contributed by atoms with van der Waals surface area (Å²) >= 11 is 0. The molecule has 0 aromatic heterocycles. The first kappa shape index (κ1) is 17.0. The van der Waals surface area contributed by atoms with E-state index in [1.807, 2.05) is 18.2 Å². The Hall–Kier alpha value is -2.89. The van der Waals surface area contributed by atoms with Gasteiger partial charge in [0.15, 0.2) is 11.5 Å². The zero-order valence-electron chi connectivity index (χ0n) is 14.3. The van der Waals surface area contributed by atoms with E-state index in [9.17, 15) is 4.79 Å². The van der Waals surface area contributed by atoms with Crippen molar-refractivity contribution in [3.63, 3.8) is 0 Å². The largest absolute Gasteiger partial charge is 0.497 e. The third kappa shape index (κ3) is 4.15. The molecule has 6 heteroatoms. The minimum Gasteiger partial charge on any atom is -0.497 e. The fourth-order valence-electron chi connectivity index (χ4n) is 2.62. The number of methoxy groups -OCH3 is 2. The maximum Gasteiger partial charge on any atom is 0.224 e. The van der Waals surface area contributed by atoms with Gasteiger partial charge in [-0.25, -0.2) is 0 Å². The summed E-state index contributed by atoms with van der Waals surface area (Å²) in [6.45, 7) is 1.12. The molecule has 2 aromatic carbocycles. The molecule has 1 aliphatic rings. The molecule has 0 unspecified atom stereocenters. The second-order valence-electron chi connectivity index (χ2n) is 5.59. The summed E-state index contributed by atoms with van der Waals surface area (Å²) in [5.41, 5.74) is 1.65. The van der Waals surface area contributed by atoms with Crippen LogP contribution in [0.1, 0.15) is 12.0 Å². The summed E-state index contributed by atoms with van der Waals surface area (Å²) in [5.74, 6) is 2.64. The molecule has 6 nitrogen and oxygen atoms in total. The van der Waals surface area contributed by atoms with Gasteiger partial charge in [0.25, 0.3) is 0 Å². The first-order valence-electron chi connectivity index (χ1n) is 8.10. The minimum atomic E-state index is -0.0849. The third-order valence-electron chi connectivity index (χ3n) is 3.93. The summed E-state index contributed by atoms with van der Waals surface area (Å²) < 4.78 is 21.5. The Kier molecular flexibility index (Phi) is 5.28. The van der Waals surface area contributed by atoms with Crippen molar-refractivity contribution in [3.05, 3.63) is 42.0 Å². The predicted octanol–water partition coefficient (Wildman–Crippen LogP) is 3.05. The maximum absolute atomic E-state index is 12.2. The van der Waals surface area contributed by atoms with E-state index >= 15 is 0 Å². The molecule has 25 heavy (non-hydrogen) atoms. The number of hydrogen-bond acceptors (Lipinski definition) is 5. The van der Waals surface area contributed by atoms with Crippen molar-refractivity contribution in [2.75, 3.05) is 32.8 Å². The molecule has 0 bridgehead atoms. The van der Waals surface area contributed by atoms with Gasteiger partial charge in [-0.05, 0) is 36.2 Å². The first-order chi connectivity index (χ1) is 12.2. The second kappa shape index (κ2) is 7.79. The Labute approximate surface area is 146 Å². The molecule has 1 amide bonds. The Balaban J connectivity index is 1.60. The van der Waals surface area contributed by atoms with E-state index in [0.29, 0.717) is 43.2 Å². The van der Waals surface area contributed by atoms with Crippen LogP contribution in [0, 0.1) is 0 Å². The van der Waals surface area contributed by atoms with Crippen molar-refractivity contribution in [3.8, 4) is 23.0 Å². The van der Waals surface area contributed by atoms with Crippen LogP contribution in [0.15, 0.2) is 36.4 Å². The number of amides is 1. The van der Waals surface area contributed by atoms with E-state index in [1.165, 1.54) is 0 Å². The van der Waals surface area contributed by atoms with E-state index < -0.39 is 0 Å². The van der Waals surface area contributed by atoms with Crippen molar-refractivity contribution >= 4 is 11.6 Å². The second-order valence-corrected chi connectivity index (χ2v) is 5.59. The number of ether oxygens (including phenoxy) is 4.